The number of anilines is 1. The molecule has 1 aliphatic heterocycles. The topological polar surface area (TPSA) is 64.2 Å². The van der Waals surface area contributed by atoms with Crippen molar-refractivity contribution < 1.29 is 4.79 Å². The van der Waals surface area contributed by atoms with Crippen LogP contribution in [-0.2, 0) is 7.05 Å². The van der Waals surface area contributed by atoms with Crippen LogP contribution in [0.25, 0.3) is 10.2 Å². The first-order chi connectivity index (χ1) is 9.91. The van der Waals surface area contributed by atoms with Gasteiger partial charge in [0.1, 0.15) is 9.71 Å². The van der Waals surface area contributed by atoms with Crippen LogP contribution in [-0.4, -0.2) is 32.7 Å². The van der Waals surface area contributed by atoms with E-state index in [1.54, 1.807) is 0 Å². The Labute approximate surface area is 128 Å². The Morgan fingerprint density at radius 2 is 1.95 bits per heavy atom. The summed E-state index contributed by atoms with van der Waals surface area (Å²) < 4.78 is 1.81. The highest BCUT2D eigenvalue weighted by Gasteiger charge is 2.32. The molecule has 0 spiro atoms. The predicted octanol–water partition coefficient (Wildman–Crippen LogP) is 2.93. The molecule has 2 aromatic heterocycles. The number of hydrogen-bond donors (Lipinski definition) is 1. The molecule has 1 fully saturated rings. The average Bonchev–Trinajstić information content (AvgIpc) is 2.89. The van der Waals surface area contributed by atoms with Gasteiger partial charge in [-0.1, -0.05) is 0 Å². The first kappa shape index (κ1) is 14.4. The molecular formula is C15H22N4OS. The Balaban J connectivity index is 2.05. The second-order valence-corrected chi connectivity index (χ2v) is 7.07. The fraction of sp³-hybridized carbons (Fsp3) is 0.600. The normalized spacial score (nSPS) is 23.0. The van der Waals surface area contributed by atoms with E-state index in [2.05, 4.69) is 18.9 Å². The molecule has 0 radical (unpaired) electrons. The Kier molecular flexibility index (Phi) is 3.43. The van der Waals surface area contributed by atoms with Crippen molar-refractivity contribution in [3.05, 3.63) is 10.6 Å². The molecule has 0 saturated carbocycles. The lowest BCUT2D eigenvalue weighted by Gasteiger charge is -2.38. The highest BCUT2D eigenvalue weighted by atomic mass is 32.1. The minimum atomic E-state index is 0.0767. The van der Waals surface area contributed by atoms with Crippen LogP contribution in [0.15, 0.2) is 0 Å². The van der Waals surface area contributed by atoms with E-state index in [-0.39, 0.29) is 18.0 Å². The third-order valence-corrected chi connectivity index (χ3v) is 5.76. The first-order valence-corrected chi connectivity index (χ1v) is 8.27. The van der Waals surface area contributed by atoms with Crippen molar-refractivity contribution in [2.24, 2.45) is 7.05 Å². The maximum Gasteiger partial charge on any atom is 0.266 e. The third-order valence-electron chi connectivity index (χ3n) is 4.50. The van der Waals surface area contributed by atoms with E-state index in [9.17, 15) is 4.79 Å². The molecule has 0 aromatic carbocycles. The number of carbonyl (C=O) groups is 1. The van der Waals surface area contributed by atoms with Gasteiger partial charge in [0.2, 0.25) is 0 Å². The molecule has 2 N–H and O–H groups in total. The van der Waals surface area contributed by atoms with E-state index in [4.69, 9.17) is 5.73 Å². The molecule has 3 rings (SSSR count). The van der Waals surface area contributed by atoms with Crippen molar-refractivity contribution in [1.82, 2.24) is 14.7 Å². The molecule has 1 saturated heterocycles. The van der Waals surface area contributed by atoms with Gasteiger partial charge in [0, 0.05) is 19.1 Å². The first-order valence-electron chi connectivity index (χ1n) is 7.46. The number of rotatable bonds is 1. The quantitative estimate of drug-likeness (QED) is 0.881. The summed E-state index contributed by atoms with van der Waals surface area (Å²) in [7, 11) is 1.89. The van der Waals surface area contributed by atoms with E-state index in [0.717, 1.165) is 28.8 Å². The molecule has 0 unspecified atom stereocenters. The number of fused-ring (bicyclic) bond motifs is 1. The van der Waals surface area contributed by atoms with Gasteiger partial charge in [-0.3, -0.25) is 9.48 Å². The summed E-state index contributed by atoms with van der Waals surface area (Å²) in [4.78, 5) is 16.6. The predicted molar refractivity (Wildman–Crippen MR) is 86.7 cm³/mol. The van der Waals surface area contributed by atoms with Crippen molar-refractivity contribution >= 4 is 33.1 Å². The third kappa shape index (κ3) is 2.12. The number of piperidine rings is 1. The lowest BCUT2D eigenvalue weighted by Crippen LogP contribution is -2.47. The maximum atomic E-state index is 13.0. The largest absolute Gasteiger partial charge is 0.397 e. The van der Waals surface area contributed by atoms with Crippen LogP contribution in [0.5, 0.6) is 0 Å². The van der Waals surface area contributed by atoms with Crippen molar-refractivity contribution in [3.8, 4) is 0 Å². The number of thiophene rings is 1. The number of hydrogen-bond acceptors (Lipinski definition) is 4. The van der Waals surface area contributed by atoms with E-state index in [1.807, 2.05) is 23.6 Å². The van der Waals surface area contributed by atoms with E-state index < -0.39 is 0 Å². The van der Waals surface area contributed by atoms with Gasteiger partial charge in [-0.2, -0.15) is 5.10 Å². The second kappa shape index (κ2) is 5.02. The van der Waals surface area contributed by atoms with Crippen LogP contribution >= 0.6 is 11.3 Å². The molecule has 5 nitrogen and oxygen atoms in total. The SMILES string of the molecule is Cc1nn(C)c2sc(C(=O)N3[C@H](C)CCC[C@@H]3C)c(N)c12. The molecule has 21 heavy (non-hydrogen) atoms. The van der Waals surface area contributed by atoms with E-state index in [1.165, 1.54) is 17.8 Å². The molecular weight excluding hydrogens is 284 g/mol. The molecule has 1 amide bonds. The van der Waals surface area contributed by atoms with Gasteiger partial charge >= 0.3 is 0 Å². The molecule has 6 heteroatoms. The van der Waals surface area contributed by atoms with Gasteiger partial charge in [0.05, 0.1) is 16.8 Å². The monoisotopic (exact) mass is 306 g/mol. The van der Waals surface area contributed by atoms with E-state index in [0.29, 0.717) is 10.6 Å². The Morgan fingerprint density at radius 1 is 1.33 bits per heavy atom. The number of likely N-dealkylation sites (tertiary alicyclic amines) is 1. The standard InChI is InChI=1S/C15H22N4OS/c1-8-6-5-7-9(2)19(8)14(20)13-12(16)11-10(3)17-18(4)15(11)21-13/h8-9H,5-7,16H2,1-4H3/t8-,9+. The lowest BCUT2D eigenvalue weighted by atomic mass is 9.97. The molecule has 0 bridgehead atoms. The molecule has 2 atom stereocenters. The minimum absolute atomic E-state index is 0.0767. The van der Waals surface area contributed by atoms with Crippen molar-refractivity contribution in [1.29, 1.82) is 0 Å². The molecule has 2 aromatic rings. The smallest absolute Gasteiger partial charge is 0.266 e. The maximum absolute atomic E-state index is 13.0. The fourth-order valence-corrected chi connectivity index (χ4v) is 4.56. The van der Waals surface area contributed by atoms with Crippen LogP contribution < -0.4 is 5.73 Å². The fourth-order valence-electron chi connectivity index (χ4n) is 3.43. The summed E-state index contributed by atoms with van der Waals surface area (Å²) in [5.41, 5.74) is 7.74. The van der Waals surface area contributed by atoms with Crippen LogP contribution in [0.1, 0.15) is 48.5 Å². The van der Waals surface area contributed by atoms with Gasteiger partial charge in [0.25, 0.3) is 5.91 Å². The summed E-state index contributed by atoms with van der Waals surface area (Å²) in [6.07, 6.45) is 3.33. The average molecular weight is 306 g/mol. The Bertz CT molecular complexity index is 692. The van der Waals surface area contributed by atoms with Crippen LogP contribution in [0, 0.1) is 6.92 Å². The number of nitrogens with zero attached hydrogens (tertiary/aromatic N) is 3. The summed E-state index contributed by atoms with van der Waals surface area (Å²) in [6.45, 7) is 6.19. The van der Waals surface area contributed by atoms with E-state index >= 15 is 0 Å². The van der Waals surface area contributed by atoms with Crippen LogP contribution in [0.4, 0.5) is 5.69 Å². The highest BCUT2D eigenvalue weighted by molar-refractivity contribution is 7.21. The zero-order chi connectivity index (χ0) is 15.3. The van der Waals surface area contributed by atoms with Crippen molar-refractivity contribution in [2.75, 3.05) is 5.73 Å². The number of amides is 1. The summed E-state index contributed by atoms with van der Waals surface area (Å²) >= 11 is 1.46. The van der Waals surface area contributed by atoms with Gasteiger partial charge in [-0.15, -0.1) is 11.3 Å². The van der Waals surface area contributed by atoms with Crippen molar-refractivity contribution in [2.45, 2.75) is 52.1 Å². The second-order valence-electron chi connectivity index (χ2n) is 6.08. The number of aryl methyl sites for hydroxylation is 2. The highest BCUT2D eigenvalue weighted by Crippen LogP contribution is 2.37. The summed E-state index contributed by atoms with van der Waals surface area (Å²) in [5.74, 6) is 0.0767. The van der Waals surface area contributed by atoms with Crippen LogP contribution in [0.2, 0.25) is 0 Å². The zero-order valence-electron chi connectivity index (χ0n) is 13.0. The number of nitrogen functional groups attached to an aromatic ring is 1. The summed E-state index contributed by atoms with van der Waals surface area (Å²) in [6, 6.07) is 0.565. The zero-order valence-corrected chi connectivity index (χ0v) is 13.8. The van der Waals surface area contributed by atoms with Crippen molar-refractivity contribution in [3.63, 3.8) is 0 Å². The number of carbonyl (C=O) groups excluding carboxylic acids is 1. The molecule has 0 aliphatic carbocycles. The lowest BCUT2D eigenvalue weighted by molar-refractivity contribution is 0.0517. The molecule has 114 valence electrons. The molecule has 1 aliphatic rings. The molecule has 3 heterocycles. The van der Waals surface area contributed by atoms with Gasteiger partial charge < -0.3 is 10.6 Å². The summed E-state index contributed by atoms with van der Waals surface area (Å²) in [5, 5.41) is 5.31. The number of aromatic nitrogens is 2. The van der Waals surface area contributed by atoms with Gasteiger partial charge in [-0.05, 0) is 40.0 Å². The number of nitrogens with two attached hydrogens (primary N) is 1. The van der Waals surface area contributed by atoms with Gasteiger partial charge in [0.15, 0.2) is 0 Å². The Hall–Kier alpha value is -1.56. The minimum Gasteiger partial charge on any atom is -0.397 e. The Morgan fingerprint density at radius 3 is 2.52 bits per heavy atom. The van der Waals surface area contributed by atoms with Crippen LogP contribution in [0.3, 0.4) is 0 Å². The van der Waals surface area contributed by atoms with Gasteiger partial charge in [-0.25, -0.2) is 0 Å².